The number of hydrogen-bond acceptors (Lipinski definition) is 5. The van der Waals surface area contributed by atoms with E-state index in [1.54, 1.807) is 18.4 Å². The lowest BCUT2D eigenvalue weighted by Crippen LogP contribution is -2.24. The minimum atomic E-state index is -0.286. The van der Waals surface area contributed by atoms with Gasteiger partial charge in [-0.3, -0.25) is 4.79 Å². The van der Waals surface area contributed by atoms with Crippen LogP contribution in [0.25, 0.3) is 0 Å². The quantitative estimate of drug-likeness (QED) is 0.705. The van der Waals surface area contributed by atoms with Crippen molar-refractivity contribution in [2.75, 3.05) is 5.32 Å². The van der Waals surface area contributed by atoms with Crippen molar-refractivity contribution in [2.24, 2.45) is 0 Å². The lowest BCUT2D eigenvalue weighted by molar-refractivity contribution is 0.0946. The van der Waals surface area contributed by atoms with Crippen LogP contribution in [0.1, 0.15) is 27.5 Å². The first-order chi connectivity index (χ1) is 12.1. The standard InChI is InChI=1S/C18H17ClN4O2/c1-12-9-16(17(24)20-10-13-5-2-3-7-15(13)19)23-18(22-12)21-11-14-6-4-8-25-14/h2-9H,10-11H2,1H3,(H,20,24)(H,21,22,23). The van der Waals surface area contributed by atoms with Gasteiger partial charge in [0.05, 0.1) is 12.8 Å². The minimum absolute atomic E-state index is 0.286. The Morgan fingerprint density at radius 3 is 2.76 bits per heavy atom. The molecule has 0 unspecified atom stereocenters. The van der Waals surface area contributed by atoms with Crippen LogP contribution in [0, 0.1) is 6.92 Å². The van der Waals surface area contributed by atoms with Gasteiger partial charge in [0, 0.05) is 17.3 Å². The zero-order valence-corrected chi connectivity index (χ0v) is 14.4. The van der Waals surface area contributed by atoms with Gasteiger partial charge < -0.3 is 15.1 Å². The molecular formula is C18H17ClN4O2. The minimum Gasteiger partial charge on any atom is -0.467 e. The molecule has 6 nitrogen and oxygen atoms in total. The van der Waals surface area contributed by atoms with E-state index >= 15 is 0 Å². The highest BCUT2D eigenvalue weighted by Crippen LogP contribution is 2.14. The summed E-state index contributed by atoms with van der Waals surface area (Å²) in [5, 5.41) is 6.48. The second kappa shape index (κ2) is 7.81. The highest BCUT2D eigenvalue weighted by Gasteiger charge is 2.11. The van der Waals surface area contributed by atoms with Crippen molar-refractivity contribution in [2.45, 2.75) is 20.0 Å². The van der Waals surface area contributed by atoms with Crippen molar-refractivity contribution in [1.82, 2.24) is 15.3 Å². The molecule has 128 valence electrons. The summed E-state index contributed by atoms with van der Waals surface area (Å²) in [7, 11) is 0. The van der Waals surface area contributed by atoms with Gasteiger partial charge in [0.1, 0.15) is 11.5 Å². The van der Waals surface area contributed by atoms with E-state index in [9.17, 15) is 4.79 Å². The summed E-state index contributed by atoms with van der Waals surface area (Å²) in [6, 6.07) is 12.7. The molecule has 0 atom stereocenters. The molecule has 0 aliphatic heterocycles. The van der Waals surface area contributed by atoms with Crippen LogP contribution in [-0.2, 0) is 13.1 Å². The number of aromatic nitrogens is 2. The summed E-state index contributed by atoms with van der Waals surface area (Å²) in [6.07, 6.45) is 1.60. The van der Waals surface area contributed by atoms with Crippen LogP contribution in [0.5, 0.6) is 0 Å². The van der Waals surface area contributed by atoms with E-state index in [2.05, 4.69) is 20.6 Å². The average molecular weight is 357 g/mol. The maximum absolute atomic E-state index is 12.4. The van der Waals surface area contributed by atoms with Crippen molar-refractivity contribution >= 4 is 23.5 Å². The van der Waals surface area contributed by atoms with Gasteiger partial charge in [-0.25, -0.2) is 9.97 Å². The third-order valence-corrected chi connectivity index (χ3v) is 3.85. The number of nitrogens with one attached hydrogen (secondary N) is 2. The molecule has 2 N–H and O–H groups in total. The number of rotatable bonds is 6. The molecule has 0 aliphatic carbocycles. The molecule has 0 saturated carbocycles. The normalized spacial score (nSPS) is 10.5. The van der Waals surface area contributed by atoms with Crippen LogP contribution >= 0.6 is 11.6 Å². The molecule has 3 rings (SSSR count). The maximum atomic E-state index is 12.4. The number of carbonyl (C=O) groups excluding carboxylic acids is 1. The van der Waals surface area contributed by atoms with E-state index < -0.39 is 0 Å². The Morgan fingerprint density at radius 1 is 1.16 bits per heavy atom. The molecule has 3 aromatic rings. The van der Waals surface area contributed by atoms with Gasteiger partial charge >= 0.3 is 0 Å². The highest BCUT2D eigenvalue weighted by atomic mass is 35.5. The topological polar surface area (TPSA) is 80.0 Å². The Balaban J connectivity index is 1.66. The van der Waals surface area contributed by atoms with Crippen molar-refractivity contribution in [1.29, 1.82) is 0 Å². The number of aryl methyl sites for hydroxylation is 1. The van der Waals surface area contributed by atoms with Gasteiger partial charge in [-0.15, -0.1) is 0 Å². The number of amides is 1. The molecule has 2 aromatic heterocycles. The molecule has 1 amide bonds. The van der Waals surface area contributed by atoms with Gasteiger partial charge in [-0.2, -0.15) is 0 Å². The summed E-state index contributed by atoms with van der Waals surface area (Å²) in [6.45, 7) is 2.58. The third kappa shape index (κ3) is 4.58. The van der Waals surface area contributed by atoms with E-state index in [-0.39, 0.29) is 5.91 Å². The fraction of sp³-hybridized carbons (Fsp3) is 0.167. The Labute approximate surface area is 150 Å². The van der Waals surface area contributed by atoms with Gasteiger partial charge in [-0.1, -0.05) is 29.8 Å². The number of hydrogen-bond donors (Lipinski definition) is 2. The van der Waals surface area contributed by atoms with Gasteiger partial charge in [-0.05, 0) is 36.8 Å². The first kappa shape index (κ1) is 17.0. The first-order valence-electron chi connectivity index (χ1n) is 7.75. The number of carbonyl (C=O) groups is 1. The molecule has 0 bridgehead atoms. The van der Waals surface area contributed by atoms with Crippen molar-refractivity contribution < 1.29 is 9.21 Å². The monoisotopic (exact) mass is 356 g/mol. The molecular weight excluding hydrogens is 340 g/mol. The number of halogens is 1. The summed E-state index contributed by atoms with van der Waals surface area (Å²) >= 11 is 6.10. The third-order valence-electron chi connectivity index (χ3n) is 3.48. The number of nitrogens with zero attached hydrogens (tertiary/aromatic N) is 2. The van der Waals surface area contributed by atoms with E-state index in [0.29, 0.717) is 35.4 Å². The van der Waals surface area contributed by atoms with E-state index in [1.165, 1.54) is 0 Å². The van der Waals surface area contributed by atoms with E-state index in [1.807, 2.05) is 37.3 Å². The van der Waals surface area contributed by atoms with E-state index in [4.69, 9.17) is 16.0 Å². The molecule has 25 heavy (non-hydrogen) atoms. The number of furan rings is 1. The number of anilines is 1. The van der Waals surface area contributed by atoms with Crippen LogP contribution < -0.4 is 10.6 Å². The Kier molecular flexibility index (Phi) is 5.30. The van der Waals surface area contributed by atoms with Crippen molar-refractivity contribution in [3.8, 4) is 0 Å². The van der Waals surface area contributed by atoms with Gasteiger partial charge in [0.2, 0.25) is 5.95 Å². The Hall–Kier alpha value is -2.86. The lowest BCUT2D eigenvalue weighted by atomic mass is 10.2. The summed E-state index contributed by atoms with van der Waals surface area (Å²) in [4.78, 5) is 20.9. The van der Waals surface area contributed by atoms with Crippen LogP contribution in [0.3, 0.4) is 0 Å². The molecule has 0 aliphatic rings. The predicted octanol–water partition coefficient (Wildman–Crippen LogP) is 3.57. The molecule has 1 aromatic carbocycles. The van der Waals surface area contributed by atoms with Crippen LogP contribution in [0.4, 0.5) is 5.95 Å². The maximum Gasteiger partial charge on any atom is 0.270 e. The predicted molar refractivity (Wildman–Crippen MR) is 95.4 cm³/mol. The SMILES string of the molecule is Cc1cc(C(=O)NCc2ccccc2Cl)nc(NCc2ccco2)n1. The summed E-state index contributed by atoms with van der Waals surface area (Å²) in [5.74, 6) is 0.848. The molecule has 0 radical (unpaired) electrons. The molecule has 0 saturated heterocycles. The fourth-order valence-electron chi connectivity index (χ4n) is 2.25. The Bertz CT molecular complexity index is 865. The second-order valence-corrected chi connectivity index (χ2v) is 5.83. The smallest absolute Gasteiger partial charge is 0.270 e. The summed E-state index contributed by atoms with van der Waals surface area (Å²) < 4.78 is 5.25. The number of benzene rings is 1. The molecule has 0 fully saturated rings. The first-order valence-corrected chi connectivity index (χ1v) is 8.13. The van der Waals surface area contributed by atoms with E-state index in [0.717, 1.165) is 11.3 Å². The molecule has 7 heteroatoms. The van der Waals surface area contributed by atoms with Gasteiger partial charge in [0.15, 0.2) is 0 Å². The largest absolute Gasteiger partial charge is 0.467 e. The zero-order chi connectivity index (χ0) is 17.6. The van der Waals surface area contributed by atoms with Crippen LogP contribution in [-0.4, -0.2) is 15.9 Å². The Morgan fingerprint density at radius 2 is 2.00 bits per heavy atom. The molecule has 0 spiro atoms. The average Bonchev–Trinajstić information content (AvgIpc) is 3.12. The second-order valence-electron chi connectivity index (χ2n) is 5.43. The van der Waals surface area contributed by atoms with Crippen molar-refractivity contribution in [3.63, 3.8) is 0 Å². The molecule has 2 heterocycles. The lowest BCUT2D eigenvalue weighted by Gasteiger charge is -2.09. The summed E-state index contributed by atoms with van der Waals surface area (Å²) in [5.41, 5.74) is 1.83. The van der Waals surface area contributed by atoms with Crippen LogP contribution in [0.2, 0.25) is 5.02 Å². The highest BCUT2D eigenvalue weighted by molar-refractivity contribution is 6.31. The zero-order valence-electron chi connectivity index (χ0n) is 13.6. The fourth-order valence-corrected chi connectivity index (χ4v) is 2.45. The van der Waals surface area contributed by atoms with Crippen molar-refractivity contribution in [3.05, 3.63) is 76.5 Å². The van der Waals surface area contributed by atoms with Crippen LogP contribution in [0.15, 0.2) is 53.1 Å². The van der Waals surface area contributed by atoms with Gasteiger partial charge in [0.25, 0.3) is 5.91 Å².